The molecule has 0 radical (unpaired) electrons. The summed E-state index contributed by atoms with van der Waals surface area (Å²) in [7, 11) is 0. The van der Waals surface area contributed by atoms with Crippen LogP contribution >= 0.6 is 0 Å². The second-order valence-corrected chi connectivity index (χ2v) is 6.55. The van der Waals surface area contributed by atoms with Gasteiger partial charge in [0.15, 0.2) is 6.10 Å². The average molecular weight is 427 g/mol. The van der Waals surface area contributed by atoms with E-state index in [0.29, 0.717) is 17.9 Å². The first kappa shape index (κ1) is 21.5. The summed E-state index contributed by atoms with van der Waals surface area (Å²) in [6.45, 7) is 1.34. The van der Waals surface area contributed by atoms with Crippen LogP contribution in [0.3, 0.4) is 0 Å². The fraction of sp³-hybridized carbons (Fsp3) is 0.190. The Morgan fingerprint density at radius 1 is 0.833 bits per heavy atom. The second-order valence-electron chi connectivity index (χ2n) is 6.55. The molecule has 0 heterocycles. The van der Waals surface area contributed by atoms with Gasteiger partial charge in [-0.15, -0.1) is 0 Å². The number of carbonyl (C=O) groups excluding carboxylic acids is 1. The molecule has 0 aliphatic heterocycles. The van der Waals surface area contributed by atoms with Gasteiger partial charge in [0.05, 0.1) is 11.1 Å². The SMILES string of the molecule is CC(Oc1ccc2ccccc2c1)C(=O)Nc1cc(C(F)(F)F)cc(C(F)(F)F)c1. The van der Waals surface area contributed by atoms with Crippen LogP contribution in [0.1, 0.15) is 18.1 Å². The molecule has 1 atom stereocenters. The number of ether oxygens (including phenoxy) is 1. The Balaban J connectivity index is 1.80. The van der Waals surface area contributed by atoms with Crippen molar-refractivity contribution in [3.63, 3.8) is 0 Å². The van der Waals surface area contributed by atoms with E-state index in [0.717, 1.165) is 10.8 Å². The number of alkyl halides is 6. The summed E-state index contributed by atoms with van der Waals surface area (Å²) in [6.07, 6.45) is -11.2. The maximum atomic E-state index is 12.9. The summed E-state index contributed by atoms with van der Waals surface area (Å²) in [5.41, 5.74) is -3.66. The van der Waals surface area contributed by atoms with Gasteiger partial charge in [0.25, 0.3) is 5.91 Å². The molecule has 3 nitrogen and oxygen atoms in total. The van der Waals surface area contributed by atoms with Crippen LogP contribution in [0.5, 0.6) is 5.75 Å². The minimum atomic E-state index is -5.01. The predicted octanol–water partition coefficient (Wildman–Crippen LogP) is 6.28. The Labute approximate surface area is 167 Å². The minimum Gasteiger partial charge on any atom is -0.481 e. The smallest absolute Gasteiger partial charge is 0.416 e. The van der Waals surface area contributed by atoms with Crippen molar-refractivity contribution in [3.05, 3.63) is 71.8 Å². The quantitative estimate of drug-likeness (QED) is 0.498. The van der Waals surface area contributed by atoms with Gasteiger partial charge in [-0.3, -0.25) is 4.79 Å². The van der Waals surface area contributed by atoms with Crippen molar-refractivity contribution >= 4 is 22.4 Å². The number of hydrogen-bond acceptors (Lipinski definition) is 2. The van der Waals surface area contributed by atoms with Crippen LogP contribution in [-0.4, -0.2) is 12.0 Å². The number of anilines is 1. The van der Waals surface area contributed by atoms with Crippen molar-refractivity contribution in [3.8, 4) is 5.75 Å². The summed E-state index contributed by atoms with van der Waals surface area (Å²) in [5, 5.41) is 3.84. The number of amides is 1. The van der Waals surface area contributed by atoms with E-state index in [1.54, 1.807) is 18.2 Å². The third-order valence-corrected chi connectivity index (χ3v) is 4.26. The van der Waals surface area contributed by atoms with Gasteiger partial charge in [-0.05, 0) is 48.0 Å². The van der Waals surface area contributed by atoms with E-state index < -0.39 is 41.2 Å². The lowest BCUT2D eigenvalue weighted by molar-refractivity contribution is -0.143. The highest BCUT2D eigenvalue weighted by atomic mass is 19.4. The third-order valence-electron chi connectivity index (χ3n) is 4.26. The minimum absolute atomic E-state index is 0.00926. The predicted molar refractivity (Wildman–Crippen MR) is 99.1 cm³/mol. The van der Waals surface area contributed by atoms with Crippen LogP contribution in [0.25, 0.3) is 10.8 Å². The number of benzene rings is 3. The van der Waals surface area contributed by atoms with E-state index in [9.17, 15) is 31.1 Å². The normalized spacial score (nSPS) is 13.2. The molecule has 0 bridgehead atoms. The molecule has 9 heteroatoms. The number of nitrogens with one attached hydrogen (secondary N) is 1. The van der Waals surface area contributed by atoms with Crippen LogP contribution < -0.4 is 10.1 Å². The molecular formula is C21H15F6NO2. The Morgan fingerprint density at radius 3 is 1.97 bits per heavy atom. The Bertz CT molecular complexity index is 1040. The molecule has 3 rings (SSSR count). The zero-order chi connectivity index (χ0) is 22.1. The number of halogens is 6. The van der Waals surface area contributed by atoms with Crippen molar-refractivity contribution in [2.24, 2.45) is 0 Å². The van der Waals surface area contributed by atoms with Gasteiger partial charge in [-0.2, -0.15) is 26.3 Å². The molecule has 0 aliphatic rings. The van der Waals surface area contributed by atoms with Gasteiger partial charge in [-0.25, -0.2) is 0 Å². The lowest BCUT2D eigenvalue weighted by atomic mass is 10.1. The maximum Gasteiger partial charge on any atom is 0.416 e. The molecule has 158 valence electrons. The molecule has 3 aromatic rings. The number of carbonyl (C=O) groups is 1. The highest BCUT2D eigenvalue weighted by Gasteiger charge is 2.37. The molecule has 1 amide bonds. The molecule has 0 saturated heterocycles. The first-order valence-corrected chi connectivity index (χ1v) is 8.69. The van der Waals surface area contributed by atoms with E-state index >= 15 is 0 Å². The lowest BCUT2D eigenvalue weighted by Gasteiger charge is -2.17. The third kappa shape index (κ3) is 5.03. The molecule has 0 fully saturated rings. The van der Waals surface area contributed by atoms with E-state index in [2.05, 4.69) is 5.32 Å². The molecule has 0 aliphatic carbocycles. The topological polar surface area (TPSA) is 38.3 Å². The number of hydrogen-bond donors (Lipinski definition) is 1. The molecule has 1 unspecified atom stereocenters. The van der Waals surface area contributed by atoms with Crippen molar-refractivity contribution in [2.45, 2.75) is 25.4 Å². The first-order valence-electron chi connectivity index (χ1n) is 8.69. The standard InChI is InChI=1S/C21H15F6NO2/c1-12(30-18-7-6-13-4-2-3-5-14(13)8-18)19(29)28-17-10-15(20(22,23)24)9-16(11-17)21(25,26)27/h2-12H,1H3,(H,28,29). The van der Waals surface area contributed by atoms with Crippen molar-refractivity contribution < 1.29 is 35.9 Å². The van der Waals surface area contributed by atoms with Crippen LogP contribution in [-0.2, 0) is 17.1 Å². The monoisotopic (exact) mass is 427 g/mol. The summed E-state index contributed by atoms with van der Waals surface area (Å²) in [5.74, 6) is -0.563. The van der Waals surface area contributed by atoms with Gasteiger partial charge in [-0.1, -0.05) is 30.3 Å². The van der Waals surface area contributed by atoms with Gasteiger partial charge < -0.3 is 10.1 Å². The Kier molecular flexibility index (Phi) is 5.65. The molecule has 3 aromatic carbocycles. The van der Waals surface area contributed by atoms with Crippen molar-refractivity contribution in [2.75, 3.05) is 5.32 Å². The Morgan fingerprint density at radius 2 is 1.40 bits per heavy atom. The summed E-state index contributed by atoms with van der Waals surface area (Å²) in [4.78, 5) is 12.3. The number of rotatable bonds is 4. The summed E-state index contributed by atoms with van der Waals surface area (Å²) < 4.78 is 83.2. The van der Waals surface area contributed by atoms with Crippen molar-refractivity contribution in [1.29, 1.82) is 0 Å². The van der Waals surface area contributed by atoms with E-state index in [4.69, 9.17) is 4.74 Å². The molecule has 30 heavy (non-hydrogen) atoms. The zero-order valence-electron chi connectivity index (χ0n) is 15.4. The molecular weight excluding hydrogens is 412 g/mol. The summed E-state index contributed by atoms with van der Waals surface area (Å²) >= 11 is 0. The molecule has 0 spiro atoms. The van der Waals surface area contributed by atoms with Gasteiger partial charge in [0.1, 0.15) is 5.75 Å². The largest absolute Gasteiger partial charge is 0.481 e. The van der Waals surface area contributed by atoms with Crippen LogP contribution in [0.4, 0.5) is 32.0 Å². The van der Waals surface area contributed by atoms with Crippen LogP contribution in [0.15, 0.2) is 60.7 Å². The van der Waals surface area contributed by atoms with Crippen molar-refractivity contribution in [1.82, 2.24) is 0 Å². The fourth-order valence-corrected chi connectivity index (χ4v) is 2.77. The second kappa shape index (κ2) is 7.89. The van der Waals surface area contributed by atoms with E-state index in [1.165, 1.54) is 6.92 Å². The highest BCUT2D eigenvalue weighted by Crippen LogP contribution is 2.37. The maximum absolute atomic E-state index is 12.9. The molecule has 0 saturated carbocycles. The first-order chi connectivity index (χ1) is 13.9. The van der Waals surface area contributed by atoms with Gasteiger partial charge in [0.2, 0.25) is 0 Å². The molecule has 1 N–H and O–H groups in total. The fourth-order valence-electron chi connectivity index (χ4n) is 2.77. The van der Waals surface area contributed by atoms with Gasteiger partial charge >= 0.3 is 12.4 Å². The lowest BCUT2D eigenvalue weighted by Crippen LogP contribution is -2.30. The zero-order valence-corrected chi connectivity index (χ0v) is 15.4. The van der Waals surface area contributed by atoms with Crippen LogP contribution in [0, 0.1) is 0 Å². The van der Waals surface area contributed by atoms with E-state index in [1.807, 2.05) is 24.3 Å². The van der Waals surface area contributed by atoms with Gasteiger partial charge in [0, 0.05) is 5.69 Å². The molecule has 0 aromatic heterocycles. The summed E-state index contributed by atoms with van der Waals surface area (Å²) in [6, 6.07) is 13.3. The van der Waals surface area contributed by atoms with Crippen LogP contribution in [0.2, 0.25) is 0 Å². The average Bonchev–Trinajstić information content (AvgIpc) is 2.66. The van der Waals surface area contributed by atoms with E-state index in [-0.39, 0.29) is 6.07 Å². The highest BCUT2D eigenvalue weighted by molar-refractivity contribution is 5.94. The number of fused-ring (bicyclic) bond motifs is 1. The Hall–Kier alpha value is -3.23.